The van der Waals surface area contributed by atoms with Crippen molar-refractivity contribution in [3.05, 3.63) is 16.4 Å². The van der Waals surface area contributed by atoms with Crippen LogP contribution < -0.4 is 10.6 Å². The lowest BCUT2D eigenvalue weighted by molar-refractivity contribution is -0.383. The van der Waals surface area contributed by atoms with Crippen molar-refractivity contribution in [3.63, 3.8) is 0 Å². The Morgan fingerprint density at radius 1 is 1.47 bits per heavy atom. The van der Waals surface area contributed by atoms with Crippen LogP contribution in [0, 0.1) is 16.0 Å². The summed E-state index contributed by atoms with van der Waals surface area (Å²) in [6.07, 6.45) is 4.90. The van der Waals surface area contributed by atoms with E-state index in [0.717, 1.165) is 12.3 Å². The van der Waals surface area contributed by atoms with Gasteiger partial charge >= 0.3 is 5.69 Å². The first-order valence-electron chi connectivity index (χ1n) is 5.63. The van der Waals surface area contributed by atoms with Crippen LogP contribution in [0.2, 0.25) is 0 Å². The van der Waals surface area contributed by atoms with E-state index >= 15 is 0 Å². The Bertz CT molecular complexity index is 419. The molecule has 1 aromatic heterocycles. The van der Waals surface area contributed by atoms with Gasteiger partial charge in [-0.05, 0) is 12.3 Å². The lowest BCUT2D eigenvalue weighted by Crippen LogP contribution is -2.09. The van der Waals surface area contributed by atoms with Crippen LogP contribution in [0.15, 0.2) is 6.33 Å². The zero-order valence-electron chi connectivity index (χ0n) is 9.64. The molecule has 0 atom stereocenters. The SMILES string of the molecule is CNc1ncnc(NCCC2CC2)c1[N+](=O)[O-]. The lowest BCUT2D eigenvalue weighted by atomic mass is 10.3. The predicted octanol–water partition coefficient (Wildman–Crippen LogP) is 1.64. The smallest absolute Gasteiger partial charge is 0.353 e. The van der Waals surface area contributed by atoms with Crippen molar-refractivity contribution in [2.24, 2.45) is 5.92 Å². The van der Waals surface area contributed by atoms with Gasteiger partial charge in [0.25, 0.3) is 0 Å². The molecule has 0 saturated heterocycles. The van der Waals surface area contributed by atoms with E-state index in [9.17, 15) is 10.1 Å². The molecule has 0 amide bonds. The molecule has 0 bridgehead atoms. The van der Waals surface area contributed by atoms with Gasteiger partial charge in [-0.3, -0.25) is 10.1 Å². The summed E-state index contributed by atoms with van der Waals surface area (Å²) in [5.41, 5.74) is -0.0919. The summed E-state index contributed by atoms with van der Waals surface area (Å²) < 4.78 is 0. The molecule has 92 valence electrons. The monoisotopic (exact) mass is 237 g/mol. The van der Waals surface area contributed by atoms with E-state index in [1.807, 2.05) is 0 Å². The molecule has 1 aliphatic rings. The average Bonchev–Trinajstić information content (AvgIpc) is 3.12. The molecule has 1 aromatic rings. The average molecular weight is 237 g/mol. The first-order valence-corrected chi connectivity index (χ1v) is 5.63. The summed E-state index contributed by atoms with van der Waals surface area (Å²) in [7, 11) is 1.60. The summed E-state index contributed by atoms with van der Waals surface area (Å²) in [6.45, 7) is 0.714. The molecular formula is C10H15N5O2. The summed E-state index contributed by atoms with van der Waals surface area (Å²) in [6, 6.07) is 0. The number of nitrogens with zero attached hydrogens (tertiary/aromatic N) is 3. The number of hydrogen-bond donors (Lipinski definition) is 2. The van der Waals surface area contributed by atoms with Crippen LogP contribution in [0.3, 0.4) is 0 Å². The number of nitrogens with one attached hydrogen (secondary N) is 2. The minimum Gasteiger partial charge on any atom is -0.367 e. The maximum absolute atomic E-state index is 11.0. The van der Waals surface area contributed by atoms with Crippen molar-refractivity contribution in [2.75, 3.05) is 24.2 Å². The van der Waals surface area contributed by atoms with Gasteiger partial charge in [-0.25, -0.2) is 9.97 Å². The van der Waals surface area contributed by atoms with E-state index in [2.05, 4.69) is 20.6 Å². The Morgan fingerprint density at radius 2 is 2.18 bits per heavy atom. The molecule has 7 heteroatoms. The quantitative estimate of drug-likeness (QED) is 0.577. The molecule has 2 N–H and O–H groups in total. The Balaban J connectivity index is 2.09. The highest BCUT2D eigenvalue weighted by Crippen LogP contribution is 2.33. The van der Waals surface area contributed by atoms with Crippen LogP contribution >= 0.6 is 0 Å². The second-order valence-corrected chi connectivity index (χ2v) is 4.09. The van der Waals surface area contributed by atoms with E-state index in [1.165, 1.54) is 19.2 Å². The summed E-state index contributed by atoms with van der Waals surface area (Å²) in [4.78, 5) is 18.2. The number of rotatable bonds is 6. The van der Waals surface area contributed by atoms with Crippen LogP contribution in [0.5, 0.6) is 0 Å². The molecule has 7 nitrogen and oxygen atoms in total. The number of nitro groups is 1. The molecule has 0 radical (unpaired) electrons. The maximum atomic E-state index is 11.0. The first kappa shape index (κ1) is 11.6. The van der Waals surface area contributed by atoms with Crippen LogP contribution in [-0.4, -0.2) is 28.5 Å². The normalized spacial score (nSPS) is 14.4. The Labute approximate surface area is 98.8 Å². The highest BCUT2D eigenvalue weighted by molar-refractivity contribution is 5.68. The number of anilines is 2. The zero-order valence-corrected chi connectivity index (χ0v) is 9.64. The fourth-order valence-electron chi connectivity index (χ4n) is 1.67. The largest absolute Gasteiger partial charge is 0.367 e. The molecule has 1 saturated carbocycles. The third-order valence-electron chi connectivity index (χ3n) is 2.78. The summed E-state index contributed by atoms with van der Waals surface area (Å²) in [5.74, 6) is 1.31. The van der Waals surface area contributed by atoms with Gasteiger partial charge in [-0.1, -0.05) is 12.8 Å². The van der Waals surface area contributed by atoms with Crippen LogP contribution in [0.25, 0.3) is 0 Å². The van der Waals surface area contributed by atoms with Gasteiger partial charge in [0.1, 0.15) is 6.33 Å². The molecule has 0 aromatic carbocycles. The standard InChI is InChI=1S/C10H15N5O2/c1-11-9-8(15(16)17)10(14-6-13-9)12-5-4-7-2-3-7/h6-7H,2-5H2,1H3,(H2,11,12,13,14). The van der Waals surface area contributed by atoms with Crippen LogP contribution in [-0.2, 0) is 0 Å². The Kier molecular flexibility index (Phi) is 3.36. The minimum absolute atomic E-state index is 0.0919. The van der Waals surface area contributed by atoms with Crippen LogP contribution in [0.4, 0.5) is 17.3 Å². The highest BCUT2D eigenvalue weighted by Gasteiger charge is 2.23. The third-order valence-corrected chi connectivity index (χ3v) is 2.78. The molecule has 2 rings (SSSR count). The molecule has 0 unspecified atom stereocenters. The van der Waals surface area contributed by atoms with Gasteiger partial charge < -0.3 is 10.6 Å². The fourth-order valence-corrected chi connectivity index (χ4v) is 1.67. The Morgan fingerprint density at radius 3 is 2.76 bits per heavy atom. The van der Waals surface area contributed by atoms with E-state index in [0.29, 0.717) is 6.54 Å². The highest BCUT2D eigenvalue weighted by atomic mass is 16.6. The van der Waals surface area contributed by atoms with Crippen molar-refractivity contribution in [1.29, 1.82) is 0 Å². The minimum atomic E-state index is -0.467. The Hall–Kier alpha value is -1.92. The van der Waals surface area contributed by atoms with E-state index in [1.54, 1.807) is 7.05 Å². The molecule has 17 heavy (non-hydrogen) atoms. The van der Waals surface area contributed by atoms with Gasteiger partial charge in [0.05, 0.1) is 4.92 Å². The molecule has 1 heterocycles. The second kappa shape index (κ2) is 4.94. The van der Waals surface area contributed by atoms with E-state index < -0.39 is 4.92 Å². The molecular weight excluding hydrogens is 222 g/mol. The maximum Gasteiger partial charge on any atom is 0.353 e. The van der Waals surface area contributed by atoms with E-state index in [4.69, 9.17) is 0 Å². The predicted molar refractivity (Wildman–Crippen MR) is 64.1 cm³/mol. The van der Waals surface area contributed by atoms with Gasteiger partial charge in [0.15, 0.2) is 0 Å². The van der Waals surface area contributed by atoms with Crippen molar-refractivity contribution in [3.8, 4) is 0 Å². The van der Waals surface area contributed by atoms with Gasteiger partial charge in [0.2, 0.25) is 11.6 Å². The van der Waals surface area contributed by atoms with Gasteiger partial charge in [-0.15, -0.1) is 0 Å². The fraction of sp³-hybridized carbons (Fsp3) is 0.600. The molecule has 1 aliphatic carbocycles. The second-order valence-electron chi connectivity index (χ2n) is 4.09. The van der Waals surface area contributed by atoms with Crippen molar-refractivity contribution >= 4 is 17.3 Å². The lowest BCUT2D eigenvalue weighted by Gasteiger charge is -2.07. The third kappa shape index (κ3) is 2.80. The summed E-state index contributed by atoms with van der Waals surface area (Å²) >= 11 is 0. The molecule has 1 fully saturated rings. The first-order chi connectivity index (χ1) is 8.22. The van der Waals surface area contributed by atoms with E-state index in [-0.39, 0.29) is 17.3 Å². The van der Waals surface area contributed by atoms with Crippen molar-refractivity contribution in [2.45, 2.75) is 19.3 Å². The number of aromatic nitrogens is 2. The topological polar surface area (TPSA) is 93.0 Å². The zero-order chi connectivity index (χ0) is 12.3. The van der Waals surface area contributed by atoms with Gasteiger partial charge in [-0.2, -0.15) is 0 Å². The van der Waals surface area contributed by atoms with Crippen LogP contribution in [0.1, 0.15) is 19.3 Å². The number of hydrogen-bond acceptors (Lipinski definition) is 6. The van der Waals surface area contributed by atoms with Gasteiger partial charge in [0, 0.05) is 13.6 Å². The van der Waals surface area contributed by atoms with Crippen molar-refractivity contribution < 1.29 is 4.92 Å². The van der Waals surface area contributed by atoms with Crippen molar-refractivity contribution in [1.82, 2.24) is 9.97 Å². The molecule has 0 aliphatic heterocycles. The molecule has 0 spiro atoms. The summed E-state index contributed by atoms with van der Waals surface area (Å²) in [5, 5.41) is 16.7.